The summed E-state index contributed by atoms with van der Waals surface area (Å²) in [6.07, 6.45) is -0.707. The van der Waals surface area contributed by atoms with Crippen molar-refractivity contribution in [1.82, 2.24) is 4.90 Å². The molecule has 2 aromatic carbocycles. The van der Waals surface area contributed by atoms with E-state index in [1.807, 2.05) is 30.3 Å². The number of amides is 1. The van der Waals surface area contributed by atoms with Gasteiger partial charge in [0.15, 0.2) is 0 Å². The number of halogens is 2. The van der Waals surface area contributed by atoms with Crippen LogP contribution in [0.15, 0.2) is 53.0 Å². The Labute approximate surface area is 154 Å². The SMILES string of the molecule is O=C(C(Oc1ccc(Cl)cc1Br)c1ccccc1)N1CCOCC1. The average molecular weight is 411 g/mol. The zero-order valence-corrected chi connectivity index (χ0v) is 15.3. The van der Waals surface area contributed by atoms with E-state index in [0.29, 0.717) is 41.5 Å². The van der Waals surface area contributed by atoms with E-state index in [1.165, 1.54) is 0 Å². The van der Waals surface area contributed by atoms with E-state index in [-0.39, 0.29) is 5.91 Å². The van der Waals surface area contributed by atoms with Gasteiger partial charge in [0.05, 0.1) is 17.7 Å². The van der Waals surface area contributed by atoms with Crippen molar-refractivity contribution in [1.29, 1.82) is 0 Å². The molecule has 1 amide bonds. The van der Waals surface area contributed by atoms with Crippen molar-refractivity contribution in [3.8, 4) is 5.75 Å². The Morgan fingerprint density at radius 1 is 1.17 bits per heavy atom. The predicted molar refractivity (Wildman–Crippen MR) is 96.4 cm³/mol. The molecular weight excluding hydrogens is 394 g/mol. The molecule has 0 radical (unpaired) electrons. The maximum Gasteiger partial charge on any atom is 0.268 e. The molecule has 2 aromatic rings. The molecular formula is C18H17BrClNO3. The van der Waals surface area contributed by atoms with E-state index in [9.17, 15) is 4.79 Å². The second-order valence-electron chi connectivity index (χ2n) is 5.42. The van der Waals surface area contributed by atoms with Crippen molar-refractivity contribution in [2.75, 3.05) is 26.3 Å². The summed E-state index contributed by atoms with van der Waals surface area (Å²) in [5, 5.41) is 0.602. The van der Waals surface area contributed by atoms with E-state index in [1.54, 1.807) is 23.1 Å². The Hall–Kier alpha value is -1.56. The third-order valence-corrected chi connectivity index (χ3v) is 4.64. The van der Waals surface area contributed by atoms with Crippen molar-refractivity contribution < 1.29 is 14.3 Å². The molecule has 1 aliphatic rings. The van der Waals surface area contributed by atoms with Crippen LogP contribution in [-0.2, 0) is 9.53 Å². The summed E-state index contributed by atoms with van der Waals surface area (Å²) < 4.78 is 12.1. The molecule has 1 saturated heterocycles. The first-order valence-corrected chi connectivity index (χ1v) is 8.85. The lowest BCUT2D eigenvalue weighted by Crippen LogP contribution is -2.44. The van der Waals surface area contributed by atoms with Gasteiger partial charge in [0.2, 0.25) is 6.10 Å². The van der Waals surface area contributed by atoms with Gasteiger partial charge in [0.1, 0.15) is 5.75 Å². The van der Waals surface area contributed by atoms with E-state index >= 15 is 0 Å². The van der Waals surface area contributed by atoms with Gasteiger partial charge in [-0.3, -0.25) is 4.79 Å². The highest BCUT2D eigenvalue weighted by Gasteiger charge is 2.29. The number of carbonyl (C=O) groups is 1. The van der Waals surface area contributed by atoms with Crippen molar-refractivity contribution in [2.24, 2.45) is 0 Å². The zero-order valence-electron chi connectivity index (χ0n) is 13.0. The lowest BCUT2D eigenvalue weighted by molar-refractivity contribution is -0.143. The van der Waals surface area contributed by atoms with Gasteiger partial charge in [-0.15, -0.1) is 0 Å². The van der Waals surface area contributed by atoms with Gasteiger partial charge in [0.25, 0.3) is 5.91 Å². The summed E-state index contributed by atoms with van der Waals surface area (Å²) in [5.41, 5.74) is 0.816. The molecule has 3 rings (SSSR count). The molecule has 0 spiro atoms. The monoisotopic (exact) mass is 409 g/mol. The molecule has 126 valence electrons. The minimum atomic E-state index is -0.707. The molecule has 24 heavy (non-hydrogen) atoms. The van der Waals surface area contributed by atoms with Crippen LogP contribution < -0.4 is 4.74 Å². The number of rotatable bonds is 4. The minimum Gasteiger partial charge on any atom is -0.475 e. The highest BCUT2D eigenvalue weighted by Crippen LogP contribution is 2.32. The van der Waals surface area contributed by atoms with Crippen molar-refractivity contribution in [3.63, 3.8) is 0 Å². The fraction of sp³-hybridized carbons (Fsp3) is 0.278. The summed E-state index contributed by atoms with van der Waals surface area (Å²) in [7, 11) is 0. The third kappa shape index (κ3) is 4.09. The van der Waals surface area contributed by atoms with Crippen LogP contribution in [0.3, 0.4) is 0 Å². The summed E-state index contributed by atoms with van der Waals surface area (Å²) in [6.45, 7) is 2.26. The molecule has 1 fully saturated rings. The van der Waals surface area contributed by atoms with Crippen LogP contribution in [0.2, 0.25) is 5.02 Å². The first-order chi connectivity index (χ1) is 11.6. The number of ether oxygens (including phenoxy) is 2. The van der Waals surface area contributed by atoms with Gasteiger partial charge in [-0.1, -0.05) is 41.9 Å². The second kappa shape index (κ2) is 8.01. The second-order valence-corrected chi connectivity index (χ2v) is 6.71. The predicted octanol–water partition coefficient (Wildman–Crippen LogP) is 4.08. The standard InChI is InChI=1S/C18H17BrClNO3/c19-15-12-14(20)6-7-16(15)24-17(13-4-2-1-3-5-13)18(22)21-8-10-23-11-9-21/h1-7,12,17H,8-11H2. The lowest BCUT2D eigenvalue weighted by atomic mass is 10.1. The number of benzene rings is 2. The minimum absolute atomic E-state index is 0.0636. The molecule has 0 aliphatic carbocycles. The molecule has 0 aromatic heterocycles. The fourth-order valence-electron chi connectivity index (χ4n) is 2.54. The van der Waals surface area contributed by atoms with E-state index in [2.05, 4.69) is 15.9 Å². The molecule has 0 N–H and O–H groups in total. The smallest absolute Gasteiger partial charge is 0.268 e. The Bertz CT molecular complexity index is 705. The molecule has 1 heterocycles. The van der Waals surface area contributed by atoms with Gasteiger partial charge < -0.3 is 14.4 Å². The average Bonchev–Trinajstić information content (AvgIpc) is 2.62. The van der Waals surface area contributed by atoms with Crippen LogP contribution in [0, 0.1) is 0 Å². The normalized spacial score (nSPS) is 15.8. The topological polar surface area (TPSA) is 38.8 Å². The van der Waals surface area contributed by atoms with Gasteiger partial charge in [-0.05, 0) is 34.1 Å². The van der Waals surface area contributed by atoms with Gasteiger partial charge >= 0.3 is 0 Å². The number of hydrogen-bond acceptors (Lipinski definition) is 3. The van der Waals surface area contributed by atoms with Crippen LogP contribution in [-0.4, -0.2) is 37.1 Å². The van der Waals surface area contributed by atoms with Crippen LogP contribution in [0.4, 0.5) is 0 Å². The fourth-order valence-corrected chi connectivity index (χ4v) is 3.31. The van der Waals surface area contributed by atoms with Crippen LogP contribution in [0.5, 0.6) is 5.75 Å². The summed E-state index contributed by atoms with van der Waals surface area (Å²) >= 11 is 9.42. The lowest BCUT2D eigenvalue weighted by Gasteiger charge is -2.30. The number of hydrogen-bond donors (Lipinski definition) is 0. The molecule has 1 aliphatic heterocycles. The molecule has 1 unspecified atom stereocenters. The quantitative estimate of drug-likeness (QED) is 0.762. The zero-order chi connectivity index (χ0) is 16.9. The van der Waals surface area contributed by atoms with Crippen LogP contribution in [0.25, 0.3) is 0 Å². The third-order valence-electron chi connectivity index (χ3n) is 3.79. The molecule has 4 nitrogen and oxygen atoms in total. The van der Waals surface area contributed by atoms with Crippen LogP contribution in [0.1, 0.15) is 11.7 Å². The first kappa shape index (κ1) is 17.3. The van der Waals surface area contributed by atoms with E-state index in [0.717, 1.165) is 5.56 Å². The Morgan fingerprint density at radius 3 is 2.54 bits per heavy atom. The molecule has 6 heteroatoms. The van der Waals surface area contributed by atoms with Gasteiger partial charge in [-0.25, -0.2) is 0 Å². The first-order valence-electron chi connectivity index (χ1n) is 7.68. The highest BCUT2D eigenvalue weighted by atomic mass is 79.9. The van der Waals surface area contributed by atoms with Crippen molar-refractivity contribution in [3.05, 3.63) is 63.6 Å². The number of carbonyl (C=O) groups excluding carboxylic acids is 1. The maximum atomic E-state index is 13.0. The molecule has 0 saturated carbocycles. The van der Waals surface area contributed by atoms with Crippen molar-refractivity contribution in [2.45, 2.75) is 6.10 Å². The summed E-state index contributed by atoms with van der Waals surface area (Å²) in [4.78, 5) is 14.8. The van der Waals surface area contributed by atoms with E-state index in [4.69, 9.17) is 21.1 Å². The largest absolute Gasteiger partial charge is 0.475 e. The number of nitrogens with zero attached hydrogens (tertiary/aromatic N) is 1. The number of morpholine rings is 1. The van der Waals surface area contributed by atoms with Crippen molar-refractivity contribution >= 4 is 33.4 Å². The maximum absolute atomic E-state index is 13.0. The highest BCUT2D eigenvalue weighted by molar-refractivity contribution is 9.10. The van der Waals surface area contributed by atoms with Gasteiger partial charge in [0, 0.05) is 23.7 Å². The van der Waals surface area contributed by atoms with E-state index < -0.39 is 6.10 Å². The van der Waals surface area contributed by atoms with Gasteiger partial charge in [-0.2, -0.15) is 0 Å². The van der Waals surface area contributed by atoms with Crippen LogP contribution >= 0.6 is 27.5 Å². The Morgan fingerprint density at radius 2 is 1.88 bits per heavy atom. The summed E-state index contributed by atoms with van der Waals surface area (Å²) in [6, 6.07) is 14.7. The molecule has 1 atom stereocenters. The Balaban J connectivity index is 1.88. The summed E-state index contributed by atoms with van der Waals surface area (Å²) in [5.74, 6) is 0.515. The molecule has 0 bridgehead atoms. The Kier molecular flexibility index (Phi) is 5.76.